The average molecular weight is 468 g/mol. The molecule has 174 valence electrons. The molecule has 1 atom stereocenters. The topological polar surface area (TPSA) is 110 Å². The zero-order valence-electron chi connectivity index (χ0n) is 18.8. The molecule has 0 fully saturated rings. The summed E-state index contributed by atoms with van der Waals surface area (Å²) in [7, 11) is 0. The molecule has 8 nitrogen and oxygen atoms in total. The number of aliphatic carboxylic acids is 1. The van der Waals surface area contributed by atoms with Crippen LogP contribution in [0.5, 0.6) is 6.01 Å². The number of nitrogens with zero attached hydrogens (tertiary/aromatic N) is 4. The van der Waals surface area contributed by atoms with Gasteiger partial charge in [-0.15, -0.1) is 11.3 Å². The van der Waals surface area contributed by atoms with Crippen molar-refractivity contribution < 1.29 is 14.6 Å². The van der Waals surface area contributed by atoms with E-state index in [9.17, 15) is 9.90 Å². The van der Waals surface area contributed by atoms with Gasteiger partial charge in [0.1, 0.15) is 10.8 Å². The molecule has 1 aliphatic rings. The maximum atomic E-state index is 11.5. The van der Waals surface area contributed by atoms with Crippen LogP contribution in [0.1, 0.15) is 66.0 Å². The first-order valence-electron chi connectivity index (χ1n) is 11.5. The van der Waals surface area contributed by atoms with Crippen LogP contribution in [0.4, 0.5) is 5.82 Å². The molecular weight excluding hydrogens is 438 g/mol. The lowest BCUT2D eigenvalue weighted by molar-refractivity contribution is -0.137. The smallest absolute Gasteiger partial charge is 0.316 e. The van der Waals surface area contributed by atoms with Gasteiger partial charge >= 0.3 is 12.0 Å². The van der Waals surface area contributed by atoms with Crippen LogP contribution in [-0.4, -0.2) is 44.2 Å². The molecule has 0 spiro atoms. The predicted molar refractivity (Wildman–Crippen MR) is 127 cm³/mol. The van der Waals surface area contributed by atoms with E-state index in [0.717, 1.165) is 66.4 Å². The van der Waals surface area contributed by atoms with Crippen molar-refractivity contribution in [1.29, 1.82) is 0 Å². The van der Waals surface area contributed by atoms with Crippen molar-refractivity contribution in [3.05, 3.63) is 57.4 Å². The van der Waals surface area contributed by atoms with Crippen LogP contribution in [0.2, 0.25) is 0 Å². The number of hydrogen-bond acceptors (Lipinski definition) is 8. The lowest BCUT2D eigenvalue weighted by Gasteiger charge is -2.17. The Morgan fingerprint density at radius 2 is 1.97 bits per heavy atom. The maximum Gasteiger partial charge on any atom is 0.316 e. The Morgan fingerprint density at radius 1 is 1.18 bits per heavy atom. The van der Waals surface area contributed by atoms with Crippen molar-refractivity contribution in [3.8, 4) is 6.01 Å². The Hall–Kier alpha value is -3.07. The van der Waals surface area contributed by atoms with Crippen LogP contribution >= 0.6 is 11.3 Å². The van der Waals surface area contributed by atoms with E-state index in [0.29, 0.717) is 12.6 Å². The van der Waals surface area contributed by atoms with Gasteiger partial charge in [-0.05, 0) is 62.6 Å². The van der Waals surface area contributed by atoms with Gasteiger partial charge in [0.25, 0.3) is 0 Å². The Morgan fingerprint density at radius 3 is 2.73 bits per heavy atom. The summed E-state index contributed by atoms with van der Waals surface area (Å²) < 4.78 is 5.29. The number of anilines is 1. The second-order valence-corrected chi connectivity index (χ2v) is 9.00. The van der Waals surface area contributed by atoms with Gasteiger partial charge in [-0.2, -0.15) is 0 Å². The normalized spacial score (nSPS) is 13.7. The molecule has 4 heterocycles. The number of hydrogen-bond donors (Lipinski definition) is 2. The number of aromatic nitrogens is 4. The van der Waals surface area contributed by atoms with Crippen molar-refractivity contribution >= 4 is 23.1 Å². The van der Waals surface area contributed by atoms with Gasteiger partial charge in [0.15, 0.2) is 0 Å². The molecule has 0 radical (unpaired) electrons. The van der Waals surface area contributed by atoms with Gasteiger partial charge in [0.2, 0.25) is 0 Å². The first kappa shape index (κ1) is 23.1. The largest absolute Gasteiger partial charge is 0.481 e. The molecule has 3 aromatic heterocycles. The van der Waals surface area contributed by atoms with Gasteiger partial charge in [0.05, 0.1) is 18.7 Å². The monoisotopic (exact) mass is 467 g/mol. The summed E-state index contributed by atoms with van der Waals surface area (Å²) in [5, 5.41) is 15.6. The van der Waals surface area contributed by atoms with Gasteiger partial charge in [-0.1, -0.05) is 6.07 Å². The highest BCUT2D eigenvalue weighted by Gasteiger charge is 2.22. The zero-order chi connectivity index (χ0) is 23.0. The molecule has 0 saturated heterocycles. The molecule has 0 unspecified atom stereocenters. The molecule has 0 aromatic carbocycles. The second kappa shape index (κ2) is 11.2. The Labute approximate surface area is 197 Å². The van der Waals surface area contributed by atoms with Crippen LogP contribution in [0.3, 0.4) is 0 Å². The number of pyridine rings is 1. The maximum absolute atomic E-state index is 11.5. The fourth-order valence-corrected chi connectivity index (χ4v) is 4.93. The summed E-state index contributed by atoms with van der Waals surface area (Å²) in [5.41, 5.74) is 4.17. The number of carbonyl (C=O) groups is 1. The van der Waals surface area contributed by atoms with E-state index >= 15 is 0 Å². The van der Waals surface area contributed by atoms with E-state index in [1.165, 1.54) is 23.3 Å². The Kier molecular flexibility index (Phi) is 7.83. The number of unbranched alkanes of at least 4 members (excludes halogenated alkanes) is 1. The molecule has 0 amide bonds. The van der Waals surface area contributed by atoms with Crippen molar-refractivity contribution in [1.82, 2.24) is 19.9 Å². The number of aryl methyl sites for hydroxylation is 3. The third-order valence-electron chi connectivity index (χ3n) is 5.64. The number of carboxylic acids is 1. The van der Waals surface area contributed by atoms with Crippen molar-refractivity contribution in [2.75, 3.05) is 18.5 Å². The minimum atomic E-state index is -0.877. The third kappa shape index (κ3) is 6.25. The molecule has 0 aliphatic carbocycles. The number of ether oxygens (including phenoxy) is 1. The van der Waals surface area contributed by atoms with Crippen molar-refractivity contribution in [2.24, 2.45) is 0 Å². The molecule has 9 heteroatoms. The van der Waals surface area contributed by atoms with Crippen LogP contribution in [0, 0.1) is 0 Å². The van der Waals surface area contributed by atoms with Gasteiger partial charge in [-0.3, -0.25) is 4.79 Å². The number of fused-ring (bicyclic) bond motifs is 1. The average Bonchev–Trinajstić information content (AvgIpc) is 3.29. The van der Waals surface area contributed by atoms with Gasteiger partial charge in [0, 0.05) is 35.9 Å². The Bertz CT molecular complexity index is 1070. The van der Waals surface area contributed by atoms with E-state index in [1.807, 2.05) is 12.3 Å². The van der Waals surface area contributed by atoms with E-state index in [4.69, 9.17) is 14.7 Å². The summed E-state index contributed by atoms with van der Waals surface area (Å²) in [6.45, 7) is 3.34. The molecular formula is C24H29N5O3S. The Balaban J connectivity index is 1.33. The fraction of sp³-hybridized carbons (Fsp3) is 0.458. The minimum Gasteiger partial charge on any atom is -0.481 e. The van der Waals surface area contributed by atoms with E-state index in [-0.39, 0.29) is 12.3 Å². The minimum absolute atomic E-state index is 0.0532. The highest BCUT2D eigenvalue weighted by molar-refractivity contribution is 7.09. The molecule has 0 bridgehead atoms. The first-order valence-corrected chi connectivity index (χ1v) is 12.3. The number of rotatable bonds is 11. The van der Waals surface area contributed by atoms with Crippen LogP contribution in [-0.2, 0) is 24.1 Å². The summed E-state index contributed by atoms with van der Waals surface area (Å²) in [6, 6.07) is 4.63. The SMILES string of the molecule is CCOc1ncc([C@@H](CC(=O)O)c2nc(CCCCc3ccc4c(n3)NCCC4)cs2)cn1. The molecule has 4 rings (SSSR count). The predicted octanol–water partition coefficient (Wildman–Crippen LogP) is 4.26. The van der Waals surface area contributed by atoms with Crippen LogP contribution in [0.25, 0.3) is 0 Å². The van der Waals surface area contributed by atoms with Gasteiger partial charge < -0.3 is 15.2 Å². The zero-order valence-corrected chi connectivity index (χ0v) is 19.6. The standard InChI is InChI=1S/C24H29N5O3S/c1-2-32-24-26-13-17(14-27-24)20(12-21(30)31)23-29-19(15-33-23)8-4-3-7-18-10-9-16-6-5-11-25-22(16)28-18/h9-10,13-15,20H,2-8,11-12H2,1H3,(H,25,28)(H,30,31)/t20-/m1/s1. The second-order valence-electron chi connectivity index (χ2n) is 8.11. The van der Waals surface area contributed by atoms with E-state index in [1.54, 1.807) is 12.4 Å². The summed E-state index contributed by atoms with van der Waals surface area (Å²) in [6.07, 6.45) is 9.32. The third-order valence-corrected chi connectivity index (χ3v) is 6.65. The first-order chi connectivity index (χ1) is 16.1. The lowest BCUT2D eigenvalue weighted by Crippen LogP contribution is -2.14. The molecule has 3 aromatic rings. The lowest BCUT2D eigenvalue weighted by atomic mass is 9.99. The van der Waals surface area contributed by atoms with Crippen molar-refractivity contribution in [3.63, 3.8) is 0 Å². The summed E-state index contributed by atoms with van der Waals surface area (Å²) in [5.74, 6) is -0.201. The molecule has 2 N–H and O–H groups in total. The molecule has 33 heavy (non-hydrogen) atoms. The van der Waals surface area contributed by atoms with E-state index in [2.05, 4.69) is 27.4 Å². The van der Waals surface area contributed by atoms with Crippen molar-refractivity contribution in [2.45, 2.75) is 57.8 Å². The molecule has 1 aliphatic heterocycles. The van der Waals surface area contributed by atoms with Crippen LogP contribution < -0.4 is 10.1 Å². The number of thiazole rings is 1. The number of carboxylic acid groups (broad SMARTS) is 1. The summed E-state index contributed by atoms with van der Waals surface area (Å²) >= 11 is 1.50. The fourth-order valence-electron chi connectivity index (χ4n) is 3.95. The van der Waals surface area contributed by atoms with Crippen LogP contribution in [0.15, 0.2) is 29.9 Å². The molecule has 0 saturated carbocycles. The highest BCUT2D eigenvalue weighted by atomic mass is 32.1. The number of nitrogens with one attached hydrogen (secondary N) is 1. The van der Waals surface area contributed by atoms with E-state index < -0.39 is 5.97 Å². The summed E-state index contributed by atoms with van der Waals surface area (Å²) in [4.78, 5) is 29.3. The van der Waals surface area contributed by atoms with Gasteiger partial charge in [-0.25, -0.2) is 19.9 Å². The quantitative estimate of drug-likeness (QED) is 0.403. The highest BCUT2D eigenvalue weighted by Crippen LogP contribution is 2.30.